The molecule has 0 rings (SSSR count). The molecule has 0 aromatic carbocycles. The number of nitrogens with zero attached hydrogens (tertiary/aromatic N) is 1. The Hall–Kier alpha value is 0.239. The minimum Gasteiger partial charge on any atom is -0.356 e. The van der Waals surface area contributed by atoms with E-state index in [0.717, 1.165) is 0 Å². The number of rotatable bonds is 0. The van der Waals surface area contributed by atoms with Crippen LogP contribution in [0.1, 0.15) is 0 Å². The minimum absolute atomic E-state index is 0. The fourth-order valence-corrected chi connectivity index (χ4v) is 0. The van der Waals surface area contributed by atoms with Gasteiger partial charge in [-0.05, 0) is 0 Å². The first kappa shape index (κ1) is 16.3. The molecule has 6 heteroatoms. The first-order valence-electron chi connectivity index (χ1n) is 0.548. The van der Waals surface area contributed by atoms with Gasteiger partial charge in [0, 0.05) is 17.1 Å². The van der Waals surface area contributed by atoms with Gasteiger partial charge in [0.15, 0.2) is 0 Å². The van der Waals surface area contributed by atoms with Crippen LogP contribution in [0.5, 0.6) is 0 Å². The van der Waals surface area contributed by atoms with Crippen molar-refractivity contribution >= 4 is 0 Å². The molecule has 0 amide bonds. The van der Waals surface area contributed by atoms with Crippen molar-refractivity contribution < 1.29 is 39.2 Å². The smallest absolute Gasteiger partial charge is 0.356 e. The van der Waals surface area contributed by atoms with Crippen molar-refractivity contribution in [2.75, 3.05) is 0 Å². The Balaban J connectivity index is -0.0000000450. The van der Waals surface area contributed by atoms with Crippen LogP contribution in [-0.4, -0.2) is 5.09 Å². The number of hydrogen-bond acceptors (Lipinski definition) is 3. The quantitative estimate of drug-likeness (QED) is 0.300. The van der Waals surface area contributed by atoms with Gasteiger partial charge in [-0.25, -0.2) is 0 Å². The maximum atomic E-state index is 8.25. The minimum atomic E-state index is -1.75. The Kier molecular flexibility index (Phi) is 24.4. The van der Waals surface area contributed by atoms with Gasteiger partial charge in [0.1, 0.15) is 0 Å². The van der Waals surface area contributed by atoms with E-state index in [1.807, 2.05) is 0 Å². The van der Waals surface area contributed by atoms with Crippen LogP contribution in [0.2, 0.25) is 0 Å². The molecule has 0 saturated heterocycles. The van der Waals surface area contributed by atoms with Crippen LogP contribution < -0.4 is 0 Å². The molecule has 0 heterocycles. The molecular formula is Cu2NO3. The summed E-state index contributed by atoms with van der Waals surface area (Å²) < 4.78 is 0. The largest absolute Gasteiger partial charge is 1.00 e. The predicted octanol–water partition coefficient (Wildman–Crippen LogP) is -0.244. The zero-order valence-electron chi connectivity index (χ0n) is 2.27. The molecule has 0 aliphatic carbocycles. The molecule has 4 nitrogen and oxygen atoms in total. The summed E-state index contributed by atoms with van der Waals surface area (Å²) in [6, 6.07) is 0. The van der Waals surface area contributed by atoms with E-state index in [2.05, 4.69) is 0 Å². The molecule has 0 spiro atoms. The first-order valence-corrected chi connectivity index (χ1v) is 0.548. The normalized spacial score (nSPS) is 4.00. The fraction of sp³-hybridized carbons (Fsp3) is 0. The van der Waals surface area contributed by atoms with Crippen LogP contribution in [0.15, 0.2) is 0 Å². The summed E-state index contributed by atoms with van der Waals surface area (Å²) in [7, 11) is 0. The molecule has 0 aliphatic rings. The predicted molar refractivity (Wildman–Crippen MR) is 10.4 cm³/mol. The second kappa shape index (κ2) is 8.97. The molecule has 0 unspecified atom stereocenters. The van der Waals surface area contributed by atoms with E-state index in [-0.39, 0.29) is 34.1 Å². The third kappa shape index (κ3) is 779. The summed E-state index contributed by atoms with van der Waals surface area (Å²) in [6.45, 7) is 0. The van der Waals surface area contributed by atoms with Crippen LogP contribution in [-0.2, 0) is 34.1 Å². The second-order valence-corrected chi connectivity index (χ2v) is 0.224. The average Bonchev–Trinajstić information content (AvgIpc) is 0.811. The third-order valence-corrected chi connectivity index (χ3v) is 0. The first-order chi connectivity index (χ1) is 1.73. The van der Waals surface area contributed by atoms with Gasteiger partial charge >= 0.3 is 17.1 Å². The topological polar surface area (TPSA) is 66.2 Å². The summed E-state index contributed by atoms with van der Waals surface area (Å²) in [5, 5.41) is 14.8. The molecule has 45 valence electrons. The summed E-state index contributed by atoms with van der Waals surface area (Å²) in [4.78, 5) is 8.25. The van der Waals surface area contributed by atoms with Crippen LogP contribution in [0.25, 0.3) is 0 Å². The zero-order valence-corrected chi connectivity index (χ0v) is 4.16. The maximum absolute atomic E-state index is 8.25. The number of hydrogen-bond donors (Lipinski definition) is 0. The average molecular weight is 189 g/mol. The van der Waals surface area contributed by atoms with E-state index in [9.17, 15) is 0 Å². The van der Waals surface area contributed by atoms with Crippen LogP contribution >= 0.6 is 0 Å². The Morgan fingerprint density at radius 3 is 1.33 bits per heavy atom. The molecule has 0 atom stereocenters. The molecule has 0 N–H and O–H groups in total. The van der Waals surface area contributed by atoms with E-state index < -0.39 is 5.09 Å². The molecule has 0 fully saturated rings. The van der Waals surface area contributed by atoms with E-state index in [1.165, 1.54) is 0 Å². The standard InChI is InChI=1S/2Cu.NO3/c;;2-1(3)4/q;+1;-1. The second-order valence-electron chi connectivity index (χ2n) is 0.224. The summed E-state index contributed by atoms with van der Waals surface area (Å²) >= 11 is 0. The van der Waals surface area contributed by atoms with Crippen molar-refractivity contribution in [3.8, 4) is 0 Å². The van der Waals surface area contributed by atoms with Gasteiger partial charge in [0.25, 0.3) is 0 Å². The monoisotopic (exact) mass is 188 g/mol. The van der Waals surface area contributed by atoms with Gasteiger partial charge in [-0.1, -0.05) is 0 Å². The van der Waals surface area contributed by atoms with E-state index in [0.29, 0.717) is 0 Å². The summed E-state index contributed by atoms with van der Waals surface area (Å²) in [5.41, 5.74) is 0. The molecule has 0 aromatic rings. The Morgan fingerprint density at radius 1 is 1.33 bits per heavy atom. The van der Waals surface area contributed by atoms with Gasteiger partial charge in [0.2, 0.25) is 0 Å². The van der Waals surface area contributed by atoms with Gasteiger partial charge in [-0.3, -0.25) is 0 Å². The van der Waals surface area contributed by atoms with E-state index in [1.54, 1.807) is 0 Å². The molecule has 6 heavy (non-hydrogen) atoms. The SMILES string of the molecule is O=[N+]([O-])[O-].[Cu+].[Cu]. The Labute approximate surface area is 55.0 Å². The van der Waals surface area contributed by atoms with Crippen molar-refractivity contribution in [2.24, 2.45) is 0 Å². The van der Waals surface area contributed by atoms with Gasteiger partial charge in [-0.2, -0.15) is 0 Å². The summed E-state index contributed by atoms with van der Waals surface area (Å²) in [6.07, 6.45) is 0. The molecule has 0 aliphatic heterocycles. The molecular weight excluding hydrogens is 189 g/mol. The van der Waals surface area contributed by atoms with Crippen LogP contribution in [0, 0.1) is 15.3 Å². The summed E-state index contributed by atoms with van der Waals surface area (Å²) in [5.74, 6) is 0. The van der Waals surface area contributed by atoms with Crippen molar-refractivity contribution in [2.45, 2.75) is 0 Å². The van der Waals surface area contributed by atoms with E-state index in [4.69, 9.17) is 15.3 Å². The van der Waals surface area contributed by atoms with Crippen LogP contribution in [0.4, 0.5) is 0 Å². The van der Waals surface area contributed by atoms with Crippen LogP contribution in [0.3, 0.4) is 0 Å². The third-order valence-electron chi connectivity index (χ3n) is 0. The zero-order chi connectivity index (χ0) is 3.58. The van der Waals surface area contributed by atoms with Crippen molar-refractivity contribution in [3.05, 3.63) is 15.3 Å². The molecule has 0 bridgehead atoms. The Bertz CT molecular complexity index is 31.8. The van der Waals surface area contributed by atoms with Gasteiger partial charge < -0.3 is 15.3 Å². The molecule has 0 aromatic heterocycles. The fourth-order valence-electron chi connectivity index (χ4n) is 0. The van der Waals surface area contributed by atoms with Crippen molar-refractivity contribution in [3.63, 3.8) is 0 Å². The van der Waals surface area contributed by atoms with Gasteiger partial charge in [-0.15, -0.1) is 0 Å². The van der Waals surface area contributed by atoms with E-state index >= 15 is 0 Å². The Morgan fingerprint density at radius 2 is 1.33 bits per heavy atom. The maximum Gasteiger partial charge on any atom is 1.00 e. The van der Waals surface area contributed by atoms with Crippen molar-refractivity contribution in [1.29, 1.82) is 0 Å². The molecule has 0 saturated carbocycles. The molecule has 1 radical (unpaired) electrons. The van der Waals surface area contributed by atoms with Gasteiger partial charge in [0.05, 0.1) is 5.09 Å². The van der Waals surface area contributed by atoms with Crippen molar-refractivity contribution in [1.82, 2.24) is 0 Å².